The molecule has 3 nitrogen and oxygen atoms in total. The van der Waals surface area contributed by atoms with Crippen LogP contribution in [-0.2, 0) is 11.2 Å². The van der Waals surface area contributed by atoms with Crippen molar-refractivity contribution in [2.45, 2.75) is 38.8 Å². The van der Waals surface area contributed by atoms with Crippen molar-refractivity contribution >= 4 is 0 Å². The van der Waals surface area contributed by atoms with Crippen LogP contribution in [0.25, 0.3) is 0 Å². The first-order valence-electron chi connectivity index (χ1n) is 7.61. The van der Waals surface area contributed by atoms with Gasteiger partial charge in [0, 0.05) is 24.0 Å². The number of ether oxygens (including phenoxy) is 2. The molecule has 3 heteroatoms. The first-order chi connectivity index (χ1) is 9.63. The Morgan fingerprint density at radius 1 is 1.30 bits per heavy atom. The van der Waals surface area contributed by atoms with Gasteiger partial charge in [-0.15, -0.1) is 0 Å². The van der Waals surface area contributed by atoms with Gasteiger partial charge in [-0.3, -0.25) is 0 Å². The van der Waals surface area contributed by atoms with Gasteiger partial charge in [0.1, 0.15) is 5.75 Å². The minimum absolute atomic E-state index is 0.279. The summed E-state index contributed by atoms with van der Waals surface area (Å²) < 4.78 is 11.0. The lowest BCUT2D eigenvalue weighted by molar-refractivity contribution is -0.112. The van der Waals surface area contributed by atoms with Crippen molar-refractivity contribution in [2.75, 3.05) is 20.3 Å². The van der Waals surface area contributed by atoms with E-state index in [1.807, 2.05) is 12.1 Å². The fraction of sp³-hybridized carbons (Fsp3) is 0.647. The van der Waals surface area contributed by atoms with Crippen molar-refractivity contribution in [3.05, 3.63) is 29.8 Å². The fourth-order valence-corrected chi connectivity index (χ4v) is 3.90. The second-order valence-electron chi connectivity index (χ2n) is 6.60. The van der Waals surface area contributed by atoms with Crippen molar-refractivity contribution in [3.63, 3.8) is 0 Å². The summed E-state index contributed by atoms with van der Waals surface area (Å²) in [5.41, 5.74) is 1.64. The molecule has 3 rings (SSSR count). The molecule has 3 atom stereocenters. The first kappa shape index (κ1) is 13.9. The molecule has 3 unspecified atom stereocenters. The molecule has 1 heterocycles. The molecule has 1 saturated carbocycles. The molecule has 1 aliphatic carbocycles. The van der Waals surface area contributed by atoms with E-state index < -0.39 is 0 Å². The van der Waals surface area contributed by atoms with E-state index in [-0.39, 0.29) is 5.41 Å². The van der Waals surface area contributed by atoms with Gasteiger partial charge in [-0.2, -0.15) is 0 Å². The van der Waals surface area contributed by atoms with Gasteiger partial charge in [0.2, 0.25) is 0 Å². The highest BCUT2D eigenvalue weighted by molar-refractivity contribution is 5.27. The van der Waals surface area contributed by atoms with Gasteiger partial charge < -0.3 is 14.8 Å². The third-order valence-corrected chi connectivity index (χ3v) is 5.04. The predicted octanol–water partition coefficient (Wildman–Crippen LogP) is 2.64. The van der Waals surface area contributed by atoms with Crippen LogP contribution in [0.4, 0.5) is 0 Å². The summed E-state index contributed by atoms with van der Waals surface area (Å²) in [5.74, 6) is 1.65. The van der Waals surface area contributed by atoms with Crippen molar-refractivity contribution in [3.8, 4) is 5.75 Å². The van der Waals surface area contributed by atoms with E-state index in [4.69, 9.17) is 9.47 Å². The number of methoxy groups -OCH3 is 1. The van der Waals surface area contributed by atoms with Crippen LogP contribution >= 0.6 is 0 Å². The van der Waals surface area contributed by atoms with E-state index in [9.17, 15) is 0 Å². The molecule has 0 aromatic heterocycles. The van der Waals surface area contributed by atoms with E-state index in [2.05, 4.69) is 31.3 Å². The van der Waals surface area contributed by atoms with E-state index in [0.717, 1.165) is 31.2 Å². The molecule has 1 aromatic carbocycles. The molecule has 1 saturated heterocycles. The maximum absolute atomic E-state index is 5.83. The normalized spacial score (nSPS) is 30.6. The molecule has 1 aliphatic heterocycles. The molecule has 2 fully saturated rings. The zero-order valence-electron chi connectivity index (χ0n) is 12.7. The molecule has 2 aliphatic rings. The number of hydrogen-bond acceptors (Lipinski definition) is 3. The average molecular weight is 275 g/mol. The van der Waals surface area contributed by atoms with Crippen LogP contribution in [0.2, 0.25) is 0 Å². The number of nitrogens with one attached hydrogen (secondary N) is 1. The highest BCUT2D eigenvalue weighted by atomic mass is 16.5. The van der Waals surface area contributed by atoms with Gasteiger partial charge in [-0.05, 0) is 37.1 Å². The van der Waals surface area contributed by atoms with Crippen LogP contribution in [0, 0.1) is 11.3 Å². The summed E-state index contributed by atoms with van der Waals surface area (Å²) in [5, 5.41) is 3.75. The molecule has 0 radical (unpaired) electrons. The lowest BCUT2D eigenvalue weighted by Gasteiger charge is -2.55. The maximum Gasteiger partial charge on any atom is 0.118 e. The fourth-order valence-electron chi connectivity index (χ4n) is 3.90. The molecule has 110 valence electrons. The summed E-state index contributed by atoms with van der Waals surface area (Å²) in [7, 11) is 1.70. The Bertz CT molecular complexity index is 455. The molecule has 0 bridgehead atoms. The second-order valence-corrected chi connectivity index (χ2v) is 6.60. The van der Waals surface area contributed by atoms with Gasteiger partial charge in [-0.25, -0.2) is 0 Å². The Balaban J connectivity index is 1.50. The summed E-state index contributed by atoms with van der Waals surface area (Å²) in [6.45, 7) is 6.62. The summed E-state index contributed by atoms with van der Waals surface area (Å²) in [6.07, 6.45) is 2.75. The van der Waals surface area contributed by atoms with Crippen molar-refractivity contribution in [1.82, 2.24) is 5.32 Å². The van der Waals surface area contributed by atoms with Gasteiger partial charge in [0.05, 0.1) is 13.2 Å². The molecule has 20 heavy (non-hydrogen) atoms. The molecular weight excluding hydrogens is 250 g/mol. The highest BCUT2D eigenvalue weighted by Crippen LogP contribution is 2.51. The topological polar surface area (TPSA) is 30.5 Å². The number of fused-ring (bicyclic) bond motifs is 1. The van der Waals surface area contributed by atoms with Crippen molar-refractivity contribution in [2.24, 2.45) is 11.3 Å². The molecule has 0 spiro atoms. The Labute approximate surface area is 121 Å². The average Bonchev–Trinajstić information content (AvgIpc) is 2.91. The van der Waals surface area contributed by atoms with Gasteiger partial charge in [-0.1, -0.05) is 26.0 Å². The lowest BCUT2D eigenvalue weighted by atomic mass is 9.57. The van der Waals surface area contributed by atoms with Crippen LogP contribution < -0.4 is 10.1 Å². The lowest BCUT2D eigenvalue weighted by Crippen LogP contribution is -2.66. The number of benzene rings is 1. The molecular formula is C17H25NO2. The van der Waals surface area contributed by atoms with E-state index in [1.54, 1.807) is 7.11 Å². The molecule has 1 N–H and O–H groups in total. The minimum Gasteiger partial charge on any atom is -0.497 e. The maximum atomic E-state index is 5.83. The van der Waals surface area contributed by atoms with Crippen LogP contribution in [0.3, 0.4) is 0 Å². The van der Waals surface area contributed by atoms with E-state index in [0.29, 0.717) is 12.1 Å². The van der Waals surface area contributed by atoms with Crippen molar-refractivity contribution < 1.29 is 9.47 Å². The Morgan fingerprint density at radius 3 is 2.75 bits per heavy atom. The van der Waals surface area contributed by atoms with Crippen LogP contribution in [-0.4, -0.2) is 32.4 Å². The third-order valence-electron chi connectivity index (χ3n) is 5.04. The molecule has 0 amide bonds. The third kappa shape index (κ3) is 2.33. The zero-order valence-corrected chi connectivity index (χ0v) is 12.7. The quantitative estimate of drug-likeness (QED) is 0.896. The van der Waals surface area contributed by atoms with Crippen LogP contribution in [0.5, 0.6) is 5.75 Å². The largest absolute Gasteiger partial charge is 0.497 e. The predicted molar refractivity (Wildman–Crippen MR) is 80.1 cm³/mol. The second kappa shape index (κ2) is 5.38. The van der Waals surface area contributed by atoms with Gasteiger partial charge >= 0.3 is 0 Å². The van der Waals surface area contributed by atoms with Crippen molar-refractivity contribution in [1.29, 1.82) is 0 Å². The Kier molecular flexibility index (Phi) is 3.74. The standard InChI is InChI=1S/C17H25NO2/c1-17(2)15(14-9-11-20-16(14)17)18-10-8-12-4-6-13(19-3)7-5-12/h4-7,14-16,18H,8-11H2,1-3H3. The summed E-state index contributed by atoms with van der Waals surface area (Å²) >= 11 is 0. The zero-order chi connectivity index (χ0) is 14.2. The monoisotopic (exact) mass is 275 g/mol. The van der Waals surface area contributed by atoms with E-state index in [1.165, 1.54) is 12.0 Å². The number of hydrogen-bond donors (Lipinski definition) is 1. The molecule has 1 aromatic rings. The van der Waals surface area contributed by atoms with Crippen LogP contribution in [0.15, 0.2) is 24.3 Å². The Hall–Kier alpha value is -1.06. The first-order valence-corrected chi connectivity index (χ1v) is 7.61. The number of rotatable bonds is 5. The Morgan fingerprint density at radius 2 is 2.05 bits per heavy atom. The summed E-state index contributed by atoms with van der Waals surface area (Å²) in [6, 6.07) is 8.96. The highest BCUT2D eigenvalue weighted by Gasteiger charge is 2.58. The summed E-state index contributed by atoms with van der Waals surface area (Å²) in [4.78, 5) is 0. The van der Waals surface area contributed by atoms with E-state index >= 15 is 0 Å². The van der Waals surface area contributed by atoms with Crippen LogP contribution in [0.1, 0.15) is 25.8 Å². The van der Waals surface area contributed by atoms with Gasteiger partial charge in [0.15, 0.2) is 0 Å². The SMILES string of the molecule is COc1ccc(CCNC2C3CCOC3C2(C)C)cc1. The smallest absolute Gasteiger partial charge is 0.118 e. The van der Waals surface area contributed by atoms with Gasteiger partial charge in [0.25, 0.3) is 0 Å². The minimum atomic E-state index is 0.279.